The summed E-state index contributed by atoms with van der Waals surface area (Å²) in [5.41, 5.74) is 6.45. The van der Waals surface area contributed by atoms with Gasteiger partial charge < -0.3 is 20.7 Å². The largest absolute Gasteiger partial charge is 0.364 e. The highest BCUT2D eigenvalue weighted by molar-refractivity contribution is 5.82. The Bertz CT molecular complexity index is 629. The van der Waals surface area contributed by atoms with E-state index in [4.69, 9.17) is 10.5 Å². The maximum atomic E-state index is 12.9. The van der Waals surface area contributed by atoms with Crippen LogP contribution in [0.2, 0.25) is 0 Å². The molecule has 26 heavy (non-hydrogen) atoms. The van der Waals surface area contributed by atoms with E-state index in [1.165, 1.54) is 12.1 Å². The molecule has 0 saturated carbocycles. The number of halogens is 1. The number of likely N-dealkylation sites (tertiary alicyclic amines) is 1. The summed E-state index contributed by atoms with van der Waals surface area (Å²) in [6, 6.07) is 6.08. The summed E-state index contributed by atoms with van der Waals surface area (Å²) in [5, 5.41) is 2.90. The van der Waals surface area contributed by atoms with Crippen molar-refractivity contribution in [2.75, 3.05) is 19.6 Å². The Morgan fingerprint density at radius 1 is 1.15 bits per heavy atom. The van der Waals surface area contributed by atoms with E-state index in [1.54, 1.807) is 17.0 Å². The predicted molar refractivity (Wildman–Crippen MR) is 94.5 cm³/mol. The number of hydrogen-bond acceptors (Lipinski definition) is 4. The van der Waals surface area contributed by atoms with Crippen LogP contribution in [0.1, 0.15) is 31.2 Å². The molecule has 1 aromatic carbocycles. The molecule has 142 valence electrons. The molecule has 7 heteroatoms. The quantitative estimate of drug-likeness (QED) is 0.823. The van der Waals surface area contributed by atoms with Gasteiger partial charge in [0.2, 0.25) is 5.91 Å². The van der Waals surface area contributed by atoms with Crippen molar-refractivity contribution in [1.29, 1.82) is 0 Å². The number of amides is 2. The van der Waals surface area contributed by atoms with Gasteiger partial charge in [-0.1, -0.05) is 12.1 Å². The van der Waals surface area contributed by atoms with Crippen LogP contribution in [0.15, 0.2) is 24.3 Å². The Morgan fingerprint density at radius 3 is 2.46 bits per heavy atom. The first-order valence-corrected chi connectivity index (χ1v) is 9.23. The number of rotatable bonds is 5. The van der Waals surface area contributed by atoms with Gasteiger partial charge in [-0.2, -0.15) is 0 Å². The van der Waals surface area contributed by atoms with Crippen LogP contribution in [0.4, 0.5) is 4.39 Å². The Labute approximate surface area is 152 Å². The predicted octanol–water partition coefficient (Wildman–Crippen LogP) is 1.19. The van der Waals surface area contributed by atoms with Gasteiger partial charge in [-0.3, -0.25) is 9.59 Å². The topological polar surface area (TPSA) is 84.7 Å². The number of nitrogens with zero attached hydrogens (tertiary/aromatic N) is 1. The van der Waals surface area contributed by atoms with Crippen molar-refractivity contribution in [2.45, 2.75) is 44.4 Å². The average molecular weight is 363 g/mol. The molecule has 3 rings (SSSR count). The van der Waals surface area contributed by atoms with E-state index in [0.717, 1.165) is 18.4 Å². The fraction of sp³-hybridized carbons (Fsp3) is 0.579. The molecule has 0 radical (unpaired) electrons. The van der Waals surface area contributed by atoms with Crippen LogP contribution in [-0.4, -0.2) is 48.6 Å². The fourth-order valence-corrected chi connectivity index (χ4v) is 3.56. The lowest BCUT2D eigenvalue weighted by Crippen LogP contribution is -2.46. The number of carbonyl (C=O) groups excluding carboxylic acids is 2. The molecule has 2 saturated heterocycles. The second-order valence-corrected chi connectivity index (χ2v) is 7.00. The van der Waals surface area contributed by atoms with Gasteiger partial charge in [0.15, 0.2) is 0 Å². The first-order valence-electron chi connectivity index (χ1n) is 9.23. The second-order valence-electron chi connectivity index (χ2n) is 7.00. The Hall–Kier alpha value is -1.99. The number of nitrogens with one attached hydrogen (secondary N) is 1. The van der Waals surface area contributed by atoms with Crippen LogP contribution in [-0.2, 0) is 20.9 Å². The maximum Gasteiger partial charge on any atom is 0.251 e. The number of hydrogen-bond donors (Lipinski definition) is 2. The van der Waals surface area contributed by atoms with E-state index in [-0.39, 0.29) is 35.8 Å². The molecule has 2 aliphatic heterocycles. The smallest absolute Gasteiger partial charge is 0.251 e. The molecule has 0 spiro atoms. The molecule has 1 aromatic rings. The third kappa shape index (κ3) is 4.59. The van der Waals surface area contributed by atoms with Gasteiger partial charge in [0.1, 0.15) is 11.9 Å². The molecule has 6 nitrogen and oxygen atoms in total. The van der Waals surface area contributed by atoms with Gasteiger partial charge in [-0.15, -0.1) is 0 Å². The van der Waals surface area contributed by atoms with Crippen LogP contribution in [0, 0.1) is 11.7 Å². The standard InChI is InChI=1S/C19H26FN3O3/c20-15-3-1-13(2-4-15)12-22-18(24)14-7-9-23(10-8-14)19(25)17-6-5-16(11-21)26-17/h1-4,14,16-17H,5-12,21H2,(H,22,24)/t16-,17+/m1/s1. The van der Waals surface area contributed by atoms with E-state index in [0.29, 0.717) is 39.0 Å². The Morgan fingerprint density at radius 2 is 1.85 bits per heavy atom. The summed E-state index contributed by atoms with van der Waals surface area (Å²) in [7, 11) is 0. The highest BCUT2D eigenvalue weighted by atomic mass is 19.1. The molecule has 2 amide bonds. The van der Waals surface area contributed by atoms with Crippen LogP contribution >= 0.6 is 0 Å². The molecule has 3 N–H and O–H groups in total. The SMILES string of the molecule is NC[C@H]1CC[C@@H](C(=O)N2CCC(C(=O)NCc3ccc(F)cc3)CC2)O1. The molecule has 0 aromatic heterocycles. The van der Waals surface area contributed by atoms with Crippen molar-refractivity contribution >= 4 is 11.8 Å². The summed E-state index contributed by atoms with van der Waals surface area (Å²) in [5.74, 6) is -0.380. The van der Waals surface area contributed by atoms with Crippen molar-refractivity contribution in [3.05, 3.63) is 35.6 Å². The van der Waals surface area contributed by atoms with Crippen molar-refractivity contribution in [3.63, 3.8) is 0 Å². The summed E-state index contributed by atoms with van der Waals surface area (Å²) < 4.78 is 18.6. The van der Waals surface area contributed by atoms with Crippen LogP contribution < -0.4 is 11.1 Å². The third-order valence-corrected chi connectivity index (χ3v) is 5.20. The lowest BCUT2D eigenvalue weighted by molar-refractivity contribution is -0.145. The van der Waals surface area contributed by atoms with Crippen LogP contribution in [0.3, 0.4) is 0 Å². The van der Waals surface area contributed by atoms with Crippen molar-refractivity contribution in [3.8, 4) is 0 Å². The van der Waals surface area contributed by atoms with Gasteiger partial charge in [0.05, 0.1) is 6.10 Å². The normalized spacial score (nSPS) is 23.8. The highest BCUT2D eigenvalue weighted by Crippen LogP contribution is 2.24. The summed E-state index contributed by atoms with van der Waals surface area (Å²) >= 11 is 0. The number of carbonyl (C=O) groups is 2. The summed E-state index contributed by atoms with van der Waals surface area (Å²) in [6.07, 6.45) is 2.45. The Balaban J connectivity index is 1.42. The van der Waals surface area contributed by atoms with Gasteiger partial charge in [0.25, 0.3) is 5.91 Å². The minimum absolute atomic E-state index is 0.0123. The van der Waals surface area contributed by atoms with Crippen molar-refractivity contribution < 1.29 is 18.7 Å². The molecular weight excluding hydrogens is 337 g/mol. The van der Waals surface area contributed by atoms with E-state index in [1.807, 2.05) is 0 Å². The monoisotopic (exact) mass is 363 g/mol. The molecule has 2 heterocycles. The molecule has 2 aliphatic rings. The summed E-state index contributed by atoms with van der Waals surface area (Å²) in [4.78, 5) is 26.6. The van der Waals surface area contributed by atoms with E-state index < -0.39 is 0 Å². The zero-order valence-corrected chi connectivity index (χ0v) is 14.8. The maximum absolute atomic E-state index is 12.9. The zero-order valence-electron chi connectivity index (χ0n) is 14.8. The van der Waals surface area contributed by atoms with E-state index >= 15 is 0 Å². The van der Waals surface area contributed by atoms with Gasteiger partial charge in [-0.25, -0.2) is 4.39 Å². The number of benzene rings is 1. The molecule has 0 aliphatic carbocycles. The molecule has 0 bridgehead atoms. The minimum Gasteiger partial charge on any atom is -0.364 e. The second kappa shape index (κ2) is 8.60. The van der Waals surface area contributed by atoms with Crippen molar-refractivity contribution in [2.24, 2.45) is 11.7 Å². The zero-order chi connectivity index (χ0) is 18.5. The summed E-state index contributed by atoms with van der Waals surface area (Å²) in [6.45, 7) is 1.97. The third-order valence-electron chi connectivity index (χ3n) is 5.20. The Kier molecular flexibility index (Phi) is 6.21. The first-order chi connectivity index (χ1) is 12.6. The molecule has 2 atom stereocenters. The minimum atomic E-state index is -0.382. The van der Waals surface area contributed by atoms with Crippen LogP contribution in [0.5, 0.6) is 0 Å². The van der Waals surface area contributed by atoms with Gasteiger partial charge in [-0.05, 0) is 43.4 Å². The number of ether oxygens (including phenoxy) is 1. The van der Waals surface area contributed by atoms with E-state index in [9.17, 15) is 14.0 Å². The lowest BCUT2D eigenvalue weighted by atomic mass is 9.95. The fourth-order valence-electron chi connectivity index (χ4n) is 3.56. The average Bonchev–Trinajstić information content (AvgIpc) is 3.16. The van der Waals surface area contributed by atoms with Crippen LogP contribution in [0.25, 0.3) is 0 Å². The highest BCUT2D eigenvalue weighted by Gasteiger charge is 2.35. The molecular formula is C19H26FN3O3. The first kappa shape index (κ1) is 18.8. The van der Waals surface area contributed by atoms with Gasteiger partial charge >= 0.3 is 0 Å². The lowest BCUT2D eigenvalue weighted by Gasteiger charge is -2.32. The number of piperidine rings is 1. The van der Waals surface area contributed by atoms with Gasteiger partial charge in [0, 0.05) is 32.1 Å². The molecule has 0 unspecified atom stereocenters. The van der Waals surface area contributed by atoms with E-state index in [2.05, 4.69) is 5.32 Å². The number of nitrogens with two attached hydrogens (primary N) is 1. The molecule has 2 fully saturated rings. The van der Waals surface area contributed by atoms with Crippen molar-refractivity contribution in [1.82, 2.24) is 10.2 Å².